The van der Waals surface area contributed by atoms with E-state index in [0.29, 0.717) is 0 Å². The van der Waals surface area contributed by atoms with Crippen LogP contribution in [0.1, 0.15) is 43.7 Å². The number of hydrogen-bond acceptors (Lipinski definition) is 2. The van der Waals surface area contributed by atoms with Crippen LogP contribution in [0.2, 0.25) is 0 Å². The summed E-state index contributed by atoms with van der Waals surface area (Å²) in [5, 5.41) is 3.22. The van der Waals surface area contributed by atoms with Crippen LogP contribution in [-0.2, 0) is 13.1 Å². The van der Waals surface area contributed by atoms with Crippen molar-refractivity contribution in [1.29, 1.82) is 0 Å². The zero-order valence-corrected chi connectivity index (χ0v) is 12.5. The van der Waals surface area contributed by atoms with Gasteiger partial charge in [0.25, 0.3) is 0 Å². The van der Waals surface area contributed by atoms with Crippen LogP contribution in [0, 0.1) is 5.92 Å². The van der Waals surface area contributed by atoms with E-state index in [1.807, 2.05) is 7.05 Å². The fourth-order valence-corrected chi connectivity index (χ4v) is 3.14. The molecule has 2 rings (SSSR count). The van der Waals surface area contributed by atoms with Gasteiger partial charge in [0.15, 0.2) is 0 Å². The standard InChI is InChI=1S/C17H28N2/c1-3-5-15-8-10-19(11-9-15)14-17-7-4-6-16(12-17)13-18-2/h4,6-7,12,15,18H,3,5,8-11,13-14H2,1-2H3. The second kappa shape index (κ2) is 7.66. The van der Waals surface area contributed by atoms with Crippen molar-refractivity contribution >= 4 is 0 Å². The first-order chi connectivity index (χ1) is 9.31. The number of rotatable bonds is 6. The predicted octanol–water partition coefficient (Wildman–Crippen LogP) is 3.42. The average molecular weight is 260 g/mol. The van der Waals surface area contributed by atoms with Gasteiger partial charge in [-0.3, -0.25) is 4.90 Å². The van der Waals surface area contributed by atoms with Crippen LogP contribution in [0.25, 0.3) is 0 Å². The lowest BCUT2D eigenvalue weighted by molar-refractivity contribution is 0.172. The van der Waals surface area contributed by atoms with Gasteiger partial charge in [-0.25, -0.2) is 0 Å². The minimum atomic E-state index is 0.965. The summed E-state index contributed by atoms with van der Waals surface area (Å²) < 4.78 is 0. The number of hydrogen-bond donors (Lipinski definition) is 1. The lowest BCUT2D eigenvalue weighted by atomic mass is 9.92. The summed E-state index contributed by atoms with van der Waals surface area (Å²) in [5.74, 6) is 0.983. The Bertz CT molecular complexity index is 367. The molecule has 1 aromatic carbocycles. The Kier molecular flexibility index (Phi) is 5.87. The van der Waals surface area contributed by atoms with Crippen molar-refractivity contribution in [1.82, 2.24) is 10.2 Å². The Labute approximate surface area is 118 Å². The van der Waals surface area contributed by atoms with Crippen molar-refractivity contribution in [2.24, 2.45) is 5.92 Å². The zero-order valence-electron chi connectivity index (χ0n) is 12.5. The highest BCUT2D eigenvalue weighted by Crippen LogP contribution is 2.22. The van der Waals surface area contributed by atoms with E-state index in [9.17, 15) is 0 Å². The van der Waals surface area contributed by atoms with Crippen LogP contribution in [0.15, 0.2) is 24.3 Å². The summed E-state index contributed by atoms with van der Waals surface area (Å²) >= 11 is 0. The quantitative estimate of drug-likeness (QED) is 0.843. The van der Waals surface area contributed by atoms with Gasteiger partial charge < -0.3 is 5.32 Å². The van der Waals surface area contributed by atoms with E-state index in [1.54, 1.807) is 0 Å². The Morgan fingerprint density at radius 2 is 1.95 bits per heavy atom. The van der Waals surface area contributed by atoms with E-state index in [2.05, 4.69) is 41.4 Å². The highest BCUT2D eigenvalue weighted by atomic mass is 15.1. The lowest BCUT2D eigenvalue weighted by Crippen LogP contribution is -2.33. The van der Waals surface area contributed by atoms with Gasteiger partial charge in [0.2, 0.25) is 0 Å². The molecule has 1 aliphatic heterocycles. The van der Waals surface area contributed by atoms with Gasteiger partial charge >= 0.3 is 0 Å². The highest BCUT2D eigenvalue weighted by molar-refractivity contribution is 5.23. The molecule has 1 fully saturated rings. The van der Waals surface area contributed by atoms with Crippen LogP contribution in [0.5, 0.6) is 0 Å². The van der Waals surface area contributed by atoms with Crippen LogP contribution in [0.3, 0.4) is 0 Å². The highest BCUT2D eigenvalue weighted by Gasteiger charge is 2.18. The summed E-state index contributed by atoms with van der Waals surface area (Å²) in [6.07, 6.45) is 5.55. The Morgan fingerprint density at radius 1 is 1.21 bits per heavy atom. The molecule has 1 N–H and O–H groups in total. The number of likely N-dealkylation sites (tertiary alicyclic amines) is 1. The van der Waals surface area contributed by atoms with Crippen LogP contribution in [-0.4, -0.2) is 25.0 Å². The Morgan fingerprint density at radius 3 is 2.63 bits per heavy atom. The lowest BCUT2D eigenvalue weighted by Gasteiger charge is -2.32. The molecular formula is C17H28N2. The predicted molar refractivity (Wildman–Crippen MR) is 82.1 cm³/mol. The summed E-state index contributed by atoms with van der Waals surface area (Å²) in [7, 11) is 2.01. The summed E-state index contributed by atoms with van der Waals surface area (Å²) in [6, 6.07) is 8.99. The minimum Gasteiger partial charge on any atom is -0.316 e. The van der Waals surface area contributed by atoms with Crippen LogP contribution in [0.4, 0.5) is 0 Å². The second-order valence-electron chi connectivity index (χ2n) is 5.86. The second-order valence-corrected chi connectivity index (χ2v) is 5.86. The van der Waals surface area contributed by atoms with E-state index >= 15 is 0 Å². The number of piperidine rings is 1. The third-order valence-electron chi connectivity index (χ3n) is 4.18. The van der Waals surface area contributed by atoms with Gasteiger partial charge in [0, 0.05) is 13.1 Å². The zero-order chi connectivity index (χ0) is 13.5. The topological polar surface area (TPSA) is 15.3 Å². The molecule has 0 aliphatic carbocycles. The molecule has 2 nitrogen and oxygen atoms in total. The fraction of sp³-hybridized carbons (Fsp3) is 0.647. The molecule has 0 bridgehead atoms. The van der Waals surface area contributed by atoms with E-state index in [-0.39, 0.29) is 0 Å². The van der Waals surface area contributed by atoms with Gasteiger partial charge in [-0.2, -0.15) is 0 Å². The molecule has 0 aromatic heterocycles. The number of nitrogens with zero attached hydrogens (tertiary/aromatic N) is 1. The van der Waals surface area contributed by atoms with E-state index in [0.717, 1.165) is 19.0 Å². The molecular weight excluding hydrogens is 232 g/mol. The molecule has 0 amide bonds. The van der Waals surface area contributed by atoms with Gasteiger partial charge in [-0.05, 0) is 50.0 Å². The monoisotopic (exact) mass is 260 g/mol. The molecule has 0 atom stereocenters. The Balaban J connectivity index is 1.83. The summed E-state index contributed by atoms with van der Waals surface area (Å²) in [5.41, 5.74) is 2.85. The molecule has 0 saturated carbocycles. The van der Waals surface area contributed by atoms with Crippen molar-refractivity contribution in [2.75, 3.05) is 20.1 Å². The summed E-state index contributed by atoms with van der Waals surface area (Å²) in [4.78, 5) is 2.62. The molecule has 0 radical (unpaired) electrons. The molecule has 19 heavy (non-hydrogen) atoms. The molecule has 0 unspecified atom stereocenters. The number of benzene rings is 1. The van der Waals surface area contributed by atoms with E-state index < -0.39 is 0 Å². The smallest absolute Gasteiger partial charge is 0.0233 e. The maximum atomic E-state index is 3.22. The molecule has 106 valence electrons. The summed E-state index contributed by atoms with van der Waals surface area (Å²) in [6.45, 7) is 6.95. The third-order valence-corrected chi connectivity index (χ3v) is 4.18. The van der Waals surface area contributed by atoms with Crippen molar-refractivity contribution in [3.8, 4) is 0 Å². The Hall–Kier alpha value is -0.860. The van der Waals surface area contributed by atoms with Gasteiger partial charge in [-0.1, -0.05) is 44.0 Å². The molecule has 1 saturated heterocycles. The fourth-order valence-electron chi connectivity index (χ4n) is 3.14. The van der Waals surface area contributed by atoms with Crippen molar-refractivity contribution in [2.45, 2.75) is 45.7 Å². The first kappa shape index (κ1) is 14.5. The maximum absolute atomic E-state index is 3.22. The van der Waals surface area contributed by atoms with Gasteiger partial charge in [-0.15, -0.1) is 0 Å². The van der Waals surface area contributed by atoms with Crippen molar-refractivity contribution in [3.05, 3.63) is 35.4 Å². The minimum absolute atomic E-state index is 0.965. The molecule has 2 heteroatoms. The first-order valence-electron chi connectivity index (χ1n) is 7.76. The van der Waals surface area contributed by atoms with Gasteiger partial charge in [0.05, 0.1) is 0 Å². The maximum Gasteiger partial charge on any atom is 0.0233 e. The number of nitrogens with one attached hydrogen (secondary N) is 1. The molecule has 1 aliphatic rings. The molecule has 1 heterocycles. The largest absolute Gasteiger partial charge is 0.316 e. The van der Waals surface area contributed by atoms with Gasteiger partial charge in [0.1, 0.15) is 0 Å². The average Bonchev–Trinajstić information content (AvgIpc) is 2.42. The van der Waals surface area contributed by atoms with E-state index in [1.165, 1.54) is 49.9 Å². The van der Waals surface area contributed by atoms with Crippen molar-refractivity contribution < 1.29 is 0 Å². The van der Waals surface area contributed by atoms with Crippen molar-refractivity contribution in [3.63, 3.8) is 0 Å². The van der Waals surface area contributed by atoms with Crippen LogP contribution >= 0.6 is 0 Å². The first-order valence-corrected chi connectivity index (χ1v) is 7.76. The van der Waals surface area contributed by atoms with E-state index in [4.69, 9.17) is 0 Å². The molecule has 1 aromatic rings. The molecule has 0 spiro atoms. The third kappa shape index (κ3) is 4.63. The SMILES string of the molecule is CCCC1CCN(Cc2cccc(CNC)c2)CC1. The van der Waals surface area contributed by atoms with Crippen LogP contribution < -0.4 is 5.32 Å². The normalized spacial score (nSPS) is 17.8.